The lowest BCUT2D eigenvalue weighted by molar-refractivity contribution is -0.208. The Morgan fingerprint density at radius 1 is 1.30 bits per heavy atom. The molecule has 2 unspecified atom stereocenters. The SMILES string of the molecule is CCC(C)(I)C[C@H]1O[C@@H](n2cc(C(OC(=O)C(F)(F)F)C(=O)OC)c(=O)[nH]c2=O)[C@H](O)[C@@H]1O. The highest BCUT2D eigenvalue weighted by Gasteiger charge is 2.47. The molecule has 2 heterocycles. The lowest BCUT2D eigenvalue weighted by atomic mass is 9.97. The van der Waals surface area contributed by atoms with Gasteiger partial charge in [-0.25, -0.2) is 14.4 Å². The number of hydrogen-bond donors (Lipinski definition) is 3. The summed E-state index contributed by atoms with van der Waals surface area (Å²) < 4.78 is 52.2. The molecular formula is C18H22F3IN2O9. The molecule has 6 atom stereocenters. The summed E-state index contributed by atoms with van der Waals surface area (Å²) in [7, 11) is 0.778. The zero-order valence-electron chi connectivity index (χ0n) is 17.6. The second kappa shape index (κ2) is 10.1. The molecule has 15 heteroatoms. The van der Waals surface area contributed by atoms with Crippen molar-refractivity contribution in [1.29, 1.82) is 0 Å². The maximum atomic E-state index is 12.6. The molecule has 1 fully saturated rings. The van der Waals surface area contributed by atoms with Crippen molar-refractivity contribution in [2.24, 2.45) is 0 Å². The van der Waals surface area contributed by atoms with Crippen LogP contribution in [0.1, 0.15) is 44.6 Å². The molecule has 11 nitrogen and oxygen atoms in total. The molecule has 0 saturated carbocycles. The van der Waals surface area contributed by atoms with E-state index in [0.717, 1.165) is 7.11 Å². The standard InChI is InChI=1S/C18H22F3IN2O9/c1-4-17(2,22)5-8-9(25)10(26)13(32-8)24-6-7(12(27)23-16(24)30)11(14(28)31-3)33-15(29)18(19,20)21/h6,8-11,13,25-26H,4-5H2,1-3H3,(H,23,27,30)/t8-,9-,10-,11?,13-,17?/m1/s1. The molecule has 33 heavy (non-hydrogen) atoms. The van der Waals surface area contributed by atoms with Gasteiger partial charge in [-0.05, 0) is 12.8 Å². The number of ether oxygens (including phenoxy) is 3. The van der Waals surface area contributed by atoms with Crippen LogP contribution in [0.15, 0.2) is 15.8 Å². The summed E-state index contributed by atoms with van der Waals surface area (Å²) in [6, 6.07) is 0. The number of aliphatic hydroxyl groups excluding tert-OH is 2. The van der Waals surface area contributed by atoms with E-state index in [1.54, 1.807) is 4.98 Å². The van der Waals surface area contributed by atoms with Crippen LogP contribution in [0.3, 0.4) is 0 Å². The molecule has 1 aromatic rings. The van der Waals surface area contributed by atoms with Crippen LogP contribution >= 0.6 is 22.6 Å². The number of aliphatic hydroxyl groups is 2. The van der Waals surface area contributed by atoms with E-state index in [4.69, 9.17) is 4.74 Å². The highest BCUT2D eigenvalue weighted by molar-refractivity contribution is 14.1. The van der Waals surface area contributed by atoms with Crippen molar-refractivity contribution in [3.8, 4) is 0 Å². The van der Waals surface area contributed by atoms with Gasteiger partial charge in [0.25, 0.3) is 5.56 Å². The number of rotatable bonds is 7. The number of nitrogens with one attached hydrogen (secondary N) is 1. The van der Waals surface area contributed by atoms with Crippen molar-refractivity contribution in [1.82, 2.24) is 9.55 Å². The summed E-state index contributed by atoms with van der Waals surface area (Å²) in [6.07, 6.45) is -12.0. The first-order chi connectivity index (χ1) is 15.1. The number of nitrogens with zero attached hydrogens (tertiary/aromatic N) is 1. The lowest BCUT2D eigenvalue weighted by Gasteiger charge is -2.25. The van der Waals surface area contributed by atoms with Gasteiger partial charge in [-0.1, -0.05) is 36.4 Å². The maximum absolute atomic E-state index is 12.6. The van der Waals surface area contributed by atoms with Crippen LogP contribution in [-0.2, 0) is 23.8 Å². The second-order valence-electron chi connectivity index (χ2n) is 7.57. The van der Waals surface area contributed by atoms with Gasteiger partial charge in [0.05, 0.1) is 18.8 Å². The fourth-order valence-electron chi connectivity index (χ4n) is 3.09. The van der Waals surface area contributed by atoms with E-state index < -0.39 is 65.6 Å². The van der Waals surface area contributed by atoms with E-state index in [-0.39, 0.29) is 9.84 Å². The van der Waals surface area contributed by atoms with Crippen LogP contribution in [0, 0.1) is 0 Å². The van der Waals surface area contributed by atoms with Gasteiger partial charge in [-0.15, -0.1) is 0 Å². The highest BCUT2D eigenvalue weighted by atomic mass is 127. The number of carbonyl (C=O) groups excluding carboxylic acids is 2. The predicted molar refractivity (Wildman–Crippen MR) is 111 cm³/mol. The van der Waals surface area contributed by atoms with Crippen molar-refractivity contribution in [2.75, 3.05) is 7.11 Å². The number of aromatic nitrogens is 2. The third-order valence-electron chi connectivity index (χ3n) is 5.12. The average Bonchev–Trinajstić information content (AvgIpc) is 2.99. The van der Waals surface area contributed by atoms with Crippen molar-refractivity contribution in [2.45, 2.75) is 66.9 Å². The molecule has 0 bridgehead atoms. The summed E-state index contributed by atoms with van der Waals surface area (Å²) in [5.41, 5.74) is -3.38. The number of H-pyrrole nitrogens is 1. The summed E-state index contributed by atoms with van der Waals surface area (Å²) in [4.78, 5) is 49.6. The largest absolute Gasteiger partial charge is 0.490 e. The zero-order valence-corrected chi connectivity index (χ0v) is 19.7. The Balaban J connectivity index is 2.48. The topological polar surface area (TPSA) is 157 Å². The molecule has 186 valence electrons. The zero-order chi connectivity index (χ0) is 25.3. The van der Waals surface area contributed by atoms with E-state index in [9.17, 15) is 42.6 Å². The Morgan fingerprint density at radius 3 is 2.42 bits per heavy atom. The quantitative estimate of drug-likeness (QED) is 0.232. The molecule has 0 amide bonds. The van der Waals surface area contributed by atoms with Gasteiger partial charge in [0, 0.05) is 9.62 Å². The lowest BCUT2D eigenvalue weighted by Crippen LogP contribution is -2.41. The molecule has 1 aliphatic heterocycles. The van der Waals surface area contributed by atoms with Crippen molar-refractivity contribution in [3.05, 3.63) is 32.6 Å². The van der Waals surface area contributed by atoms with E-state index in [1.165, 1.54) is 0 Å². The third-order valence-corrected chi connectivity index (χ3v) is 6.33. The second-order valence-corrected chi connectivity index (χ2v) is 10.2. The van der Waals surface area contributed by atoms with Crippen molar-refractivity contribution >= 4 is 34.5 Å². The van der Waals surface area contributed by atoms with Gasteiger partial charge < -0.3 is 24.4 Å². The van der Waals surface area contributed by atoms with E-state index in [1.807, 2.05) is 13.8 Å². The normalized spacial score (nSPS) is 25.8. The fourth-order valence-corrected chi connectivity index (χ4v) is 3.52. The molecule has 1 saturated heterocycles. The summed E-state index contributed by atoms with van der Waals surface area (Å²) >= 11 is 2.14. The molecule has 1 aliphatic rings. The highest BCUT2D eigenvalue weighted by Crippen LogP contribution is 2.37. The van der Waals surface area contributed by atoms with Crippen LogP contribution in [0.5, 0.6) is 0 Å². The number of methoxy groups -OCH3 is 1. The summed E-state index contributed by atoms with van der Waals surface area (Å²) in [6.45, 7) is 3.78. The molecule has 1 aromatic heterocycles. The van der Waals surface area contributed by atoms with Crippen LogP contribution in [0.4, 0.5) is 13.2 Å². The monoisotopic (exact) mass is 594 g/mol. The van der Waals surface area contributed by atoms with E-state index >= 15 is 0 Å². The fraction of sp³-hybridized carbons (Fsp3) is 0.667. The number of hydrogen-bond acceptors (Lipinski definition) is 9. The van der Waals surface area contributed by atoms with Crippen LogP contribution in [-0.4, -0.2) is 66.7 Å². The molecule has 3 N–H and O–H groups in total. The Kier molecular flexibility index (Phi) is 8.35. The Morgan fingerprint density at radius 2 is 1.91 bits per heavy atom. The molecule has 0 aliphatic carbocycles. The van der Waals surface area contributed by atoms with Gasteiger partial charge in [-0.2, -0.15) is 13.2 Å². The first-order valence-electron chi connectivity index (χ1n) is 9.54. The minimum Gasteiger partial charge on any atom is -0.466 e. The van der Waals surface area contributed by atoms with Crippen LogP contribution < -0.4 is 11.2 Å². The Hall–Kier alpha value is -1.98. The van der Waals surface area contributed by atoms with Gasteiger partial charge in [0.2, 0.25) is 6.10 Å². The van der Waals surface area contributed by atoms with Gasteiger partial charge >= 0.3 is 23.8 Å². The Labute approximate surface area is 198 Å². The number of carbonyl (C=O) groups is 2. The number of halogens is 4. The van der Waals surface area contributed by atoms with E-state index in [0.29, 0.717) is 17.2 Å². The molecule has 0 radical (unpaired) electrons. The molecular weight excluding hydrogens is 572 g/mol. The first-order valence-corrected chi connectivity index (χ1v) is 10.6. The van der Waals surface area contributed by atoms with Gasteiger partial charge in [-0.3, -0.25) is 14.3 Å². The smallest absolute Gasteiger partial charge is 0.466 e. The van der Waals surface area contributed by atoms with E-state index in [2.05, 4.69) is 32.1 Å². The Bertz CT molecular complexity index is 1010. The molecule has 2 rings (SSSR count). The predicted octanol–water partition coefficient (Wildman–Crippen LogP) is 0.469. The number of esters is 2. The summed E-state index contributed by atoms with van der Waals surface area (Å²) in [5.74, 6) is -4.30. The molecule has 0 aromatic carbocycles. The number of aromatic amines is 1. The first kappa shape index (κ1) is 27.3. The number of alkyl halides is 4. The minimum absolute atomic E-state index is 0.276. The van der Waals surface area contributed by atoms with Crippen LogP contribution in [0.25, 0.3) is 0 Å². The van der Waals surface area contributed by atoms with Gasteiger partial charge in [0.1, 0.15) is 12.2 Å². The third kappa shape index (κ3) is 6.13. The minimum atomic E-state index is -5.49. The summed E-state index contributed by atoms with van der Waals surface area (Å²) in [5, 5.41) is 20.8. The maximum Gasteiger partial charge on any atom is 0.490 e. The van der Waals surface area contributed by atoms with Crippen molar-refractivity contribution < 1.29 is 47.2 Å². The average molecular weight is 594 g/mol. The van der Waals surface area contributed by atoms with Crippen molar-refractivity contribution in [3.63, 3.8) is 0 Å². The van der Waals surface area contributed by atoms with Gasteiger partial charge in [0.15, 0.2) is 6.23 Å². The van der Waals surface area contributed by atoms with Crippen LogP contribution in [0.2, 0.25) is 0 Å². The molecule has 0 spiro atoms.